The number of aryl methyl sites for hydroxylation is 1. The molecule has 1 unspecified atom stereocenters. The lowest BCUT2D eigenvalue weighted by Gasteiger charge is -2.15. The second-order valence-electron chi connectivity index (χ2n) is 6.11. The van der Waals surface area contributed by atoms with Crippen molar-refractivity contribution < 1.29 is 19.4 Å². The summed E-state index contributed by atoms with van der Waals surface area (Å²) in [6.07, 6.45) is -0.746. The van der Waals surface area contributed by atoms with E-state index in [-0.39, 0.29) is 25.2 Å². The van der Waals surface area contributed by atoms with Gasteiger partial charge in [-0.2, -0.15) is 0 Å². The Balaban J connectivity index is 1.82. The number of hydrogen-bond donors (Lipinski definition) is 2. The van der Waals surface area contributed by atoms with Crippen LogP contribution in [0.1, 0.15) is 31.1 Å². The molecule has 0 aliphatic carbocycles. The molecule has 1 atom stereocenters. The molecule has 0 aliphatic heterocycles. The minimum atomic E-state index is -0.807. The predicted octanol–water partition coefficient (Wildman–Crippen LogP) is 3.01. The number of aliphatic hydroxyl groups is 1. The van der Waals surface area contributed by atoms with Gasteiger partial charge in [0, 0.05) is 6.54 Å². The van der Waals surface area contributed by atoms with Gasteiger partial charge in [0.15, 0.2) is 6.61 Å². The predicted molar refractivity (Wildman–Crippen MR) is 96.8 cm³/mol. The molecule has 0 fully saturated rings. The monoisotopic (exact) mass is 343 g/mol. The largest absolute Gasteiger partial charge is 0.491 e. The molecule has 5 heteroatoms. The maximum Gasteiger partial charge on any atom is 0.258 e. The summed E-state index contributed by atoms with van der Waals surface area (Å²) in [6.45, 7) is 5.83. The van der Waals surface area contributed by atoms with Crippen molar-refractivity contribution in [2.45, 2.75) is 33.0 Å². The molecule has 0 saturated heterocycles. The Labute approximate surface area is 148 Å². The van der Waals surface area contributed by atoms with Crippen molar-refractivity contribution in [2.24, 2.45) is 0 Å². The SMILES string of the molecule is Cc1ccccc1OCC(=O)NCC(O)c1cccc(OC(C)C)c1. The van der Waals surface area contributed by atoms with Gasteiger partial charge in [-0.3, -0.25) is 4.79 Å². The van der Waals surface area contributed by atoms with Crippen LogP contribution < -0.4 is 14.8 Å². The molecule has 2 N–H and O–H groups in total. The lowest BCUT2D eigenvalue weighted by atomic mass is 10.1. The van der Waals surface area contributed by atoms with Crippen molar-refractivity contribution in [3.63, 3.8) is 0 Å². The van der Waals surface area contributed by atoms with Gasteiger partial charge in [-0.25, -0.2) is 0 Å². The zero-order chi connectivity index (χ0) is 18.2. The first-order valence-electron chi connectivity index (χ1n) is 8.35. The Morgan fingerprint density at radius 1 is 1.16 bits per heavy atom. The third kappa shape index (κ3) is 6.12. The molecule has 2 aromatic carbocycles. The summed E-state index contributed by atoms with van der Waals surface area (Å²) in [5.74, 6) is 1.09. The van der Waals surface area contributed by atoms with Crippen LogP contribution in [0, 0.1) is 6.92 Å². The van der Waals surface area contributed by atoms with Crippen LogP contribution in [0.15, 0.2) is 48.5 Å². The van der Waals surface area contributed by atoms with Gasteiger partial charge in [-0.1, -0.05) is 30.3 Å². The maximum absolute atomic E-state index is 11.9. The molecule has 0 saturated carbocycles. The molecule has 5 nitrogen and oxygen atoms in total. The van der Waals surface area contributed by atoms with E-state index in [0.29, 0.717) is 17.1 Å². The molecule has 1 amide bonds. The number of para-hydroxylation sites is 1. The first kappa shape index (κ1) is 18.8. The lowest BCUT2D eigenvalue weighted by molar-refractivity contribution is -0.123. The van der Waals surface area contributed by atoms with Crippen molar-refractivity contribution in [1.29, 1.82) is 0 Å². The van der Waals surface area contributed by atoms with Crippen molar-refractivity contribution in [3.8, 4) is 11.5 Å². The van der Waals surface area contributed by atoms with E-state index >= 15 is 0 Å². The Kier molecular flexibility index (Phi) is 6.83. The second-order valence-corrected chi connectivity index (χ2v) is 6.11. The summed E-state index contributed by atoms with van der Waals surface area (Å²) in [7, 11) is 0. The van der Waals surface area contributed by atoms with Gasteiger partial charge in [0.1, 0.15) is 11.5 Å². The molecule has 0 aromatic heterocycles. The van der Waals surface area contributed by atoms with E-state index in [1.54, 1.807) is 12.1 Å². The Hall–Kier alpha value is -2.53. The fraction of sp³-hybridized carbons (Fsp3) is 0.350. The van der Waals surface area contributed by atoms with Crippen molar-refractivity contribution in [3.05, 3.63) is 59.7 Å². The van der Waals surface area contributed by atoms with Crippen LogP contribution in [0.3, 0.4) is 0 Å². The number of ether oxygens (including phenoxy) is 2. The van der Waals surface area contributed by atoms with Gasteiger partial charge in [-0.05, 0) is 50.1 Å². The van der Waals surface area contributed by atoms with Crippen molar-refractivity contribution in [1.82, 2.24) is 5.32 Å². The van der Waals surface area contributed by atoms with Crippen LogP contribution in [0.2, 0.25) is 0 Å². The lowest BCUT2D eigenvalue weighted by Crippen LogP contribution is -2.32. The number of amides is 1. The first-order valence-corrected chi connectivity index (χ1v) is 8.35. The number of benzene rings is 2. The number of nitrogens with one attached hydrogen (secondary N) is 1. The molecule has 0 spiro atoms. The van der Waals surface area contributed by atoms with E-state index in [1.165, 1.54) is 0 Å². The summed E-state index contributed by atoms with van der Waals surface area (Å²) < 4.78 is 11.1. The normalized spacial score (nSPS) is 11.9. The van der Waals surface area contributed by atoms with Gasteiger partial charge >= 0.3 is 0 Å². The zero-order valence-corrected chi connectivity index (χ0v) is 14.9. The number of aliphatic hydroxyl groups excluding tert-OH is 1. The van der Waals surface area contributed by atoms with E-state index in [1.807, 2.05) is 57.2 Å². The summed E-state index contributed by atoms with van der Waals surface area (Å²) in [6, 6.07) is 14.7. The third-order valence-corrected chi connectivity index (χ3v) is 3.56. The fourth-order valence-corrected chi connectivity index (χ4v) is 2.31. The highest BCUT2D eigenvalue weighted by atomic mass is 16.5. The summed E-state index contributed by atoms with van der Waals surface area (Å²) in [5, 5.41) is 12.9. The molecule has 2 rings (SSSR count). The molecule has 0 heterocycles. The molecule has 0 radical (unpaired) electrons. The number of carbonyl (C=O) groups is 1. The van der Waals surface area contributed by atoms with E-state index in [2.05, 4.69) is 5.32 Å². The van der Waals surface area contributed by atoms with E-state index < -0.39 is 6.10 Å². The molecule has 2 aromatic rings. The zero-order valence-electron chi connectivity index (χ0n) is 14.9. The number of carbonyl (C=O) groups excluding carboxylic acids is 1. The highest BCUT2D eigenvalue weighted by Gasteiger charge is 2.11. The minimum Gasteiger partial charge on any atom is -0.491 e. The van der Waals surface area contributed by atoms with Gasteiger partial charge in [0.2, 0.25) is 0 Å². The van der Waals surface area contributed by atoms with Gasteiger partial charge in [-0.15, -0.1) is 0 Å². The smallest absolute Gasteiger partial charge is 0.258 e. The highest BCUT2D eigenvalue weighted by Crippen LogP contribution is 2.20. The fourth-order valence-electron chi connectivity index (χ4n) is 2.31. The van der Waals surface area contributed by atoms with Gasteiger partial charge in [0.05, 0.1) is 12.2 Å². The van der Waals surface area contributed by atoms with Crippen molar-refractivity contribution in [2.75, 3.05) is 13.2 Å². The first-order chi connectivity index (χ1) is 12.0. The van der Waals surface area contributed by atoms with E-state index in [4.69, 9.17) is 9.47 Å². The average Bonchev–Trinajstić information content (AvgIpc) is 2.58. The van der Waals surface area contributed by atoms with Crippen LogP contribution in [-0.4, -0.2) is 30.3 Å². The molecule has 134 valence electrons. The van der Waals surface area contributed by atoms with Gasteiger partial charge in [0.25, 0.3) is 5.91 Å². The molecule has 0 aliphatic rings. The Bertz CT molecular complexity index is 700. The quantitative estimate of drug-likeness (QED) is 0.773. The highest BCUT2D eigenvalue weighted by molar-refractivity contribution is 5.77. The van der Waals surface area contributed by atoms with Crippen molar-refractivity contribution >= 4 is 5.91 Å². The average molecular weight is 343 g/mol. The van der Waals surface area contributed by atoms with Crippen LogP contribution >= 0.6 is 0 Å². The number of rotatable bonds is 8. The molecule has 25 heavy (non-hydrogen) atoms. The Morgan fingerprint density at radius 3 is 2.64 bits per heavy atom. The van der Waals surface area contributed by atoms with Gasteiger partial charge < -0.3 is 19.9 Å². The van der Waals surface area contributed by atoms with Crippen LogP contribution in [0.25, 0.3) is 0 Å². The van der Waals surface area contributed by atoms with Crippen LogP contribution in [0.5, 0.6) is 11.5 Å². The number of hydrogen-bond acceptors (Lipinski definition) is 4. The van der Waals surface area contributed by atoms with E-state index in [0.717, 1.165) is 5.56 Å². The minimum absolute atomic E-state index is 0.0608. The third-order valence-electron chi connectivity index (χ3n) is 3.56. The van der Waals surface area contributed by atoms with Crippen LogP contribution in [-0.2, 0) is 4.79 Å². The topological polar surface area (TPSA) is 67.8 Å². The standard InChI is InChI=1S/C20H25NO4/c1-14(2)25-17-9-6-8-16(11-17)18(22)12-21-20(23)13-24-19-10-5-4-7-15(19)3/h4-11,14,18,22H,12-13H2,1-3H3,(H,21,23). The van der Waals surface area contributed by atoms with E-state index in [9.17, 15) is 9.90 Å². The maximum atomic E-state index is 11.9. The molecular formula is C20H25NO4. The molecular weight excluding hydrogens is 318 g/mol. The summed E-state index contributed by atoms with van der Waals surface area (Å²) in [5.41, 5.74) is 1.66. The Morgan fingerprint density at radius 2 is 1.92 bits per heavy atom. The van der Waals surface area contributed by atoms with Crippen LogP contribution in [0.4, 0.5) is 0 Å². The summed E-state index contributed by atoms with van der Waals surface area (Å²) >= 11 is 0. The molecule has 0 bridgehead atoms. The second kappa shape index (κ2) is 9.08. The summed E-state index contributed by atoms with van der Waals surface area (Å²) in [4.78, 5) is 11.9.